The summed E-state index contributed by atoms with van der Waals surface area (Å²) in [6.45, 7) is 7.78. The van der Waals surface area contributed by atoms with Crippen LogP contribution in [0.4, 0.5) is 0 Å². The Kier molecular flexibility index (Phi) is 2.82. The van der Waals surface area contributed by atoms with Gasteiger partial charge in [0.15, 0.2) is 5.65 Å². The van der Waals surface area contributed by atoms with Crippen molar-refractivity contribution in [3.05, 3.63) is 24.2 Å². The fourth-order valence-electron chi connectivity index (χ4n) is 3.05. The number of hydrogen-bond acceptors (Lipinski definition) is 3. The minimum atomic E-state index is 0.421. The molecule has 4 nitrogen and oxygen atoms in total. The SMILES string of the molecule is Cc1nc2cccnc2n1C1CCCN1C(C)C. The van der Waals surface area contributed by atoms with E-state index < -0.39 is 0 Å². The molecule has 1 unspecified atom stereocenters. The lowest BCUT2D eigenvalue weighted by Crippen LogP contribution is -2.33. The first-order valence-electron chi connectivity index (χ1n) is 6.74. The van der Waals surface area contributed by atoms with Crippen molar-refractivity contribution in [1.82, 2.24) is 19.4 Å². The summed E-state index contributed by atoms with van der Waals surface area (Å²) in [4.78, 5) is 11.7. The maximum absolute atomic E-state index is 4.63. The van der Waals surface area contributed by atoms with Gasteiger partial charge in [0.25, 0.3) is 0 Å². The molecule has 3 rings (SSSR count). The van der Waals surface area contributed by atoms with Gasteiger partial charge in [-0.3, -0.25) is 9.47 Å². The Balaban J connectivity index is 2.11. The topological polar surface area (TPSA) is 34.0 Å². The predicted octanol–water partition coefficient (Wildman–Crippen LogP) is 2.74. The average Bonchev–Trinajstić information content (AvgIpc) is 2.91. The number of imidazole rings is 1. The van der Waals surface area contributed by atoms with E-state index in [4.69, 9.17) is 0 Å². The number of aromatic nitrogens is 3. The van der Waals surface area contributed by atoms with Crippen molar-refractivity contribution in [1.29, 1.82) is 0 Å². The second-order valence-corrected chi connectivity index (χ2v) is 5.33. The average molecular weight is 244 g/mol. The summed E-state index contributed by atoms with van der Waals surface area (Å²) in [6, 6.07) is 4.56. The van der Waals surface area contributed by atoms with Crippen molar-refractivity contribution in [2.75, 3.05) is 6.54 Å². The molecule has 0 saturated carbocycles. The number of hydrogen-bond donors (Lipinski definition) is 0. The Labute approximate surface area is 108 Å². The molecule has 96 valence electrons. The normalized spacial score (nSPS) is 21.2. The monoisotopic (exact) mass is 244 g/mol. The molecule has 3 heterocycles. The lowest BCUT2D eigenvalue weighted by molar-refractivity contribution is 0.153. The van der Waals surface area contributed by atoms with Crippen LogP contribution in [0, 0.1) is 6.92 Å². The smallest absolute Gasteiger partial charge is 0.161 e. The van der Waals surface area contributed by atoms with Gasteiger partial charge in [0.2, 0.25) is 0 Å². The zero-order valence-corrected chi connectivity index (χ0v) is 11.3. The molecule has 1 aliphatic heterocycles. The van der Waals surface area contributed by atoms with Crippen molar-refractivity contribution in [3.63, 3.8) is 0 Å². The third-order valence-electron chi connectivity index (χ3n) is 3.85. The van der Waals surface area contributed by atoms with E-state index in [1.807, 2.05) is 18.3 Å². The molecule has 2 aromatic heterocycles. The first-order valence-corrected chi connectivity index (χ1v) is 6.74. The summed E-state index contributed by atoms with van der Waals surface area (Å²) in [5.74, 6) is 1.07. The molecular weight excluding hydrogens is 224 g/mol. The first-order chi connectivity index (χ1) is 8.68. The highest BCUT2D eigenvalue weighted by molar-refractivity contribution is 5.71. The summed E-state index contributed by atoms with van der Waals surface area (Å²) in [7, 11) is 0. The second-order valence-electron chi connectivity index (χ2n) is 5.33. The van der Waals surface area contributed by atoms with E-state index in [9.17, 15) is 0 Å². The Morgan fingerprint density at radius 2 is 2.22 bits per heavy atom. The largest absolute Gasteiger partial charge is 0.296 e. The number of fused-ring (bicyclic) bond motifs is 1. The van der Waals surface area contributed by atoms with E-state index in [0.29, 0.717) is 12.2 Å². The summed E-state index contributed by atoms with van der Waals surface area (Å²) in [5, 5.41) is 0. The predicted molar refractivity (Wildman–Crippen MR) is 72.4 cm³/mol. The van der Waals surface area contributed by atoms with Crippen molar-refractivity contribution in [2.24, 2.45) is 0 Å². The Morgan fingerprint density at radius 3 is 3.00 bits per heavy atom. The highest BCUT2D eigenvalue weighted by Crippen LogP contribution is 2.32. The van der Waals surface area contributed by atoms with E-state index in [1.165, 1.54) is 19.4 Å². The van der Waals surface area contributed by atoms with Gasteiger partial charge in [0.1, 0.15) is 11.3 Å². The van der Waals surface area contributed by atoms with Crippen LogP contribution >= 0.6 is 0 Å². The molecule has 4 heteroatoms. The first kappa shape index (κ1) is 11.7. The second kappa shape index (κ2) is 4.35. The summed E-state index contributed by atoms with van der Waals surface area (Å²) >= 11 is 0. The van der Waals surface area contributed by atoms with Crippen LogP contribution in [0.3, 0.4) is 0 Å². The molecule has 18 heavy (non-hydrogen) atoms. The number of likely N-dealkylation sites (tertiary alicyclic amines) is 1. The molecule has 0 N–H and O–H groups in total. The van der Waals surface area contributed by atoms with Gasteiger partial charge < -0.3 is 0 Å². The quantitative estimate of drug-likeness (QED) is 0.814. The highest BCUT2D eigenvalue weighted by atomic mass is 15.3. The number of pyridine rings is 1. The van der Waals surface area contributed by atoms with Gasteiger partial charge in [-0.25, -0.2) is 9.97 Å². The van der Waals surface area contributed by atoms with Crippen LogP contribution in [0.2, 0.25) is 0 Å². The third kappa shape index (κ3) is 1.72. The zero-order valence-electron chi connectivity index (χ0n) is 11.3. The van der Waals surface area contributed by atoms with Crippen molar-refractivity contribution < 1.29 is 0 Å². The zero-order chi connectivity index (χ0) is 12.7. The van der Waals surface area contributed by atoms with Gasteiger partial charge in [0.05, 0.1) is 6.17 Å². The van der Waals surface area contributed by atoms with Gasteiger partial charge >= 0.3 is 0 Å². The van der Waals surface area contributed by atoms with Crippen LogP contribution in [-0.4, -0.2) is 32.0 Å². The molecule has 2 aromatic rings. The minimum Gasteiger partial charge on any atom is -0.296 e. The molecule has 1 fully saturated rings. The maximum atomic E-state index is 4.63. The Morgan fingerprint density at radius 1 is 1.39 bits per heavy atom. The summed E-state index contributed by atoms with van der Waals surface area (Å²) in [6.07, 6.45) is 4.73. The van der Waals surface area contributed by atoms with Gasteiger partial charge in [0, 0.05) is 18.8 Å². The lowest BCUT2D eigenvalue weighted by atomic mass is 10.3. The molecule has 0 spiro atoms. The Bertz CT molecular complexity index is 558. The molecule has 0 aromatic carbocycles. The van der Waals surface area contributed by atoms with Crippen LogP contribution in [0.25, 0.3) is 11.2 Å². The molecule has 1 saturated heterocycles. The molecule has 0 amide bonds. The van der Waals surface area contributed by atoms with E-state index in [0.717, 1.165) is 17.0 Å². The summed E-state index contributed by atoms with van der Waals surface area (Å²) < 4.78 is 2.31. The Hall–Kier alpha value is -1.42. The van der Waals surface area contributed by atoms with Gasteiger partial charge in [-0.1, -0.05) is 0 Å². The molecule has 0 radical (unpaired) electrons. The molecule has 1 atom stereocenters. The number of rotatable bonds is 2. The lowest BCUT2D eigenvalue weighted by Gasteiger charge is -2.30. The highest BCUT2D eigenvalue weighted by Gasteiger charge is 2.30. The molecule has 0 aliphatic carbocycles. The van der Waals surface area contributed by atoms with Crippen LogP contribution in [-0.2, 0) is 0 Å². The van der Waals surface area contributed by atoms with Crippen molar-refractivity contribution in [3.8, 4) is 0 Å². The van der Waals surface area contributed by atoms with Crippen molar-refractivity contribution in [2.45, 2.75) is 45.8 Å². The van der Waals surface area contributed by atoms with E-state index in [2.05, 4.69) is 40.2 Å². The third-order valence-corrected chi connectivity index (χ3v) is 3.85. The molecule has 1 aliphatic rings. The standard InChI is InChI=1S/C14H20N4/c1-10(2)17-9-5-7-13(17)18-11(3)16-12-6-4-8-15-14(12)18/h4,6,8,10,13H,5,7,9H2,1-3H3. The fourth-order valence-corrected chi connectivity index (χ4v) is 3.05. The van der Waals surface area contributed by atoms with E-state index >= 15 is 0 Å². The summed E-state index contributed by atoms with van der Waals surface area (Å²) in [5.41, 5.74) is 2.03. The molecular formula is C14H20N4. The van der Waals surface area contributed by atoms with E-state index in [-0.39, 0.29) is 0 Å². The maximum Gasteiger partial charge on any atom is 0.161 e. The number of aryl methyl sites for hydroxylation is 1. The van der Waals surface area contributed by atoms with Gasteiger partial charge in [-0.15, -0.1) is 0 Å². The van der Waals surface area contributed by atoms with Gasteiger partial charge in [-0.2, -0.15) is 0 Å². The van der Waals surface area contributed by atoms with Crippen molar-refractivity contribution >= 4 is 11.2 Å². The van der Waals surface area contributed by atoms with Crippen LogP contribution < -0.4 is 0 Å². The van der Waals surface area contributed by atoms with Crippen LogP contribution in [0.1, 0.15) is 38.7 Å². The fraction of sp³-hybridized carbons (Fsp3) is 0.571. The minimum absolute atomic E-state index is 0.421. The van der Waals surface area contributed by atoms with Gasteiger partial charge in [-0.05, 0) is 45.7 Å². The molecule has 0 bridgehead atoms. The number of nitrogens with zero attached hydrogens (tertiary/aromatic N) is 4. The van der Waals surface area contributed by atoms with Crippen LogP contribution in [0.5, 0.6) is 0 Å². The van der Waals surface area contributed by atoms with E-state index in [1.54, 1.807) is 0 Å². The van der Waals surface area contributed by atoms with Crippen LogP contribution in [0.15, 0.2) is 18.3 Å².